The van der Waals surface area contributed by atoms with Gasteiger partial charge in [-0.15, -0.1) is 0 Å². The van der Waals surface area contributed by atoms with E-state index in [0.29, 0.717) is 10.0 Å². The van der Waals surface area contributed by atoms with Gasteiger partial charge in [0.25, 0.3) is 5.91 Å². The summed E-state index contributed by atoms with van der Waals surface area (Å²) in [4.78, 5) is 11.9. The molecule has 1 amide bonds. The summed E-state index contributed by atoms with van der Waals surface area (Å²) in [7, 11) is 1.41. The largest absolute Gasteiger partial charge is 0.508 e. The standard InChI is InChI=1S/C15H13BrN2O5/c1-23-13-5-8(4-11(16)14(13)21)7-17-18-15(22)10-3-2-9(19)6-12(10)20/h2-7,19-21H,1H3,(H,18,22). The first-order chi connectivity index (χ1) is 10.9. The molecule has 0 saturated heterocycles. The van der Waals surface area contributed by atoms with Gasteiger partial charge in [0.05, 0.1) is 23.4 Å². The molecule has 0 aliphatic rings. The van der Waals surface area contributed by atoms with Crippen molar-refractivity contribution < 1.29 is 24.9 Å². The number of carbonyl (C=O) groups is 1. The minimum atomic E-state index is -0.636. The van der Waals surface area contributed by atoms with E-state index >= 15 is 0 Å². The maximum atomic E-state index is 11.9. The lowest BCUT2D eigenvalue weighted by Gasteiger charge is -2.06. The van der Waals surface area contributed by atoms with Crippen molar-refractivity contribution in [3.63, 3.8) is 0 Å². The molecule has 120 valence electrons. The van der Waals surface area contributed by atoms with Crippen molar-refractivity contribution in [2.45, 2.75) is 0 Å². The van der Waals surface area contributed by atoms with E-state index < -0.39 is 5.91 Å². The summed E-state index contributed by atoms with van der Waals surface area (Å²) in [5.74, 6) is -0.926. The van der Waals surface area contributed by atoms with Crippen LogP contribution in [0.4, 0.5) is 0 Å². The second-order valence-electron chi connectivity index (χ2n) is 4.45. The zero-order chi connectivity index (χ0) is 17.0. The Labute approximate surface area is 140 Å². The van der Waals surface area contributed by atoms with Crippen molar-refractivity contribution in [3.8, 4) is 23.0 Å². The second-order valence-corrected chi connectivity index (χ2v) is 5.31. The molecular formula is C15H13BrN2O5. The van der Waals surface area contributed by atoms with Crippen LogP contribution in [0, 0.1) is 0 Å². The van der Waals surface area contributed by atoms with E-state index in [1.165, 1.54) is 31.5 Å². The van der Waals surface area contributed by atoms with Crippen molar-refractivity contribution >= 4 is 28.1 Å². The van der Waals surface area contributed by atoms with Crippen molar-refractivity contribution in [1.82, 2.24) is 5.43 Å². The molecular weight excluding hydrogens is 368 g/mol. The van der Waals surface area contributed by atoms with E-state index in [1.54, 1.807) is 6.07 Å². The van der Waals surface area contributed by atoms with Gasteiger partial charge in [0.1, 0.15) is 11.5 Å². The third-order valence-corrected chi connectivity index (χ3v) is 3.48. The highest BCUT2D eigenvalue weighted by Gasteiger charge is 2.11. The molecule has 4 N–H and O–H groups in total. The minimum absolute atomic E-state index is 0.0237. The molecule has 2 aromatic rings. The average molecular weight is 381 g/mol. The lowest BCUT2D eigenvalue weighted by molar-refractivity contribution is 0.0952. The Balaban J connectivity index is 2.12. The first kappa shape index (κ1) is 16.6. The Bertz CT molecular complexity index is 777. The van der Waals surface area contributed by atoms with Crippen LogP contribution in [0.15, 0.2) is 39.9 Å². The quantitative estimate of drug-likeness (QED) is 0.480. The van der Waals surface area contributed by atoms with Gasteiger partial charge in [0.15, 0.2) is 11.5 Å². The van der Waals surface area contributed by atoms with Gasteiger partial charge >= 0.3 is 0 Å². The normalized spacial score (nSPS) is 10.7. The first-order valence-electron chi connectivity index (χ1n) is 6.34. The number of amides is 1. The molecule has 0 unspecified atom stereocenters. The lowest BCUT2D eigenvalue weighted by Crippen LogP contribution is -2.17. The number of phenolic OH excluding ortho intramolecular Hbond substituents is 3. The van der Waals surface area contributed by atoms with Gasteiger partial charge in [-0.1, -0.05) is 0 Å². The topological polar surface area (TPSA) is 111 Å². The number of benzene rings is 2. The van der Waals surface area contributed by atoms with Crippen LogP contribution in [0.25, 0.3) is 0 Å². The van der Waals surface area contributed by atoms with Crippen LogP contribution < -0.4 is 10.2 Å². The number of halogens is 1. The maximum absolute atomic E-state index is 11.9. The second kappa shape index (κ2) is 7.01. The van der Waals surface area contributed by atoms with Crippen LogP contribution in [-0.2, 0) is 0 Å². The number of nitrogens with zero attached hydrogens (tertiary/aromatic N) is 1. The third-order valence-electron chi connectivity index (χ3n) is 2.88. The number of nitrogens with one attached hydrogen (secondary N) is 1. The highest BCUT2D eigenvalue weighted by molar-refractivity contribution is 9.10. The molecule has 0 fully saturated rings. The van der Waals surface area contributed by atoms with Crippen molar-refractivity contribution in [1.29, 1.82) is 0 Å². The van der Waals surface area contributed by atoms with Crippen LogP contribution in [-0.4, -0.2) is 34.6 Å². The zero-order valence-electron chi connectivity index (χ0n) is 11.9. The summed E-state index contributed by atoms with van der Waals surface area (Å²) >= 11 is 3.18. The number of phenols is 3. The van der Waals surface area contributed by atoms with Crippen LogP contribution in [0.1, 0.15) is 15.9 Å². The number of carbonyl (C=O) groups excluding carboxylic acids is 1. The molecule has 23 heavy (non-hydrogen) atoms. The highest BCUT2D eigenvalue weighted by atomic mass is 79.9. The summed E-state index contributed by atoms with van der Waals surface area (Å²) in [6.07, 6.45) is 1.35. The van der Waals surface area contributed by atoms with Crippen LogP contribution in [0.5, 0.6) is 23.0 Å². The van der Waals surface area contributed by atoms with Crippen LogP contribution >= 0.6 is 15.9 Å². The van der Waals surface area contributed by atoms with E-state index in [-0.39, 0.29) is 28.6 Å². The molecule has 0 aromatic heterocycles. The number of aromatic hydroxyl groups is 3. The fraction of sp³-hybridized carbons (Fsp3) is 0.0667. The Hall–Kier alpha value is -2.74. The van der Waals surface area contributed by atoms with E-state index in [1.807, 2.05) is 0 Å². The first-order valence-corrected chi connectivity index (χ1v) is 7.13. The SMILES string of the molecule is COc1cc(C=NNC(=O)c2ccc(O)cc2O)cc(Br)c1O. The molecule has 0 atom stereocenters. The predicted octanol–water partition coefficient (Wildman–Crippen LogP) is 2.34. The minimum Gasteiger partial charge on any atom is -0.508 e. The van der Waals surface area contributed by atoms with Gasteiger partial charge in [-0.3, -0.25) is 4.79 Å². The van der Waals surface area contributed by atoms with Crippen molar-refractivity contribution in [3.05, 3.63) is 45.9 Å². The van der Waals surface area contributed by atoms with Gasteiger partial charge < -0.3 is 20.1 Å². The zero-order valence-corrected chi connectivity index (χ0v) is 13.5. The van der Waals surface area contributed by atoms with E-state index in [4.69, 9.17) is 4.74 Å². The summed E-state index contributed by atoms with van der Waals surface area (Å²) in [6.45, 7) is 0. The van der Waals surface area contributed by atoms with Gasteiger partial charge in [-0.05, 0) is 45.8 Å². The number of hydrogen-bond donors (Lipinski definition) is 4. The third kappa shape index (κ3) is 3.92. The Morgan fingerprint density at radius 3 is 2.65 bits per heavy atom. The molecule has 0 heterocycles. The fourth-order valence-electron chi connectivity index (χ4n) is 1.76. The summed E-state index contributed by atoms with van der Waals surface area (Å²) in [6, 6.07) is 6.73. The smallest absolute Gasteiger partial charge is 0.275 e. The molecule has 0 spiro atoms. The van der Waals surface area contributed by atoms with Gasteiger partial charge in [0.2, 0.25) is 0 Å². The molecule has 0 radical (unpaired) electrons. The number of rotatable bonds is 4. The Morgan fingerprint density at radius 1 is 1.26 bits per heavy atom. The van der Waals surface area contributed by atoms with Gasteiger partial charge in [-0.25, -0.2) is 5.43 Å². The molecule has 2 aromatic carbocycles. The monoisotopic (exact) mass is 380 g/mol. The summed E-state index contributed by atoms with van der Waals surface area (Å²) in [5.41, 5.74) is 2.80. The average Bonchev–Trinajstić information content (AvgIpc) is 2.50. The molecule has 2 rings (SSSR count). The van der Waals surface area contributed by atoms with Crippen molar-refractivity contribution in [2.24, 2.45) is 5.10 Å². The molecule has 0 saturated carbocycles. The van der Waals surface area contributed by atoms with Crippen molar-refractivity contribution in [2.75, 3.05) is 7.11 Å². The molecule has 8 heteroatoms. The molecule has 0 bridgehead atoms. The summed E-state index contributed by atoms with van der Waals surface area (Å²) in [5, 5.41) is 32.2. The van der Waals surface area contributed by atoms with E-state index in [2.05, 4.69) is 26.5 Å². The Morgan fingerprint density at radius 2 is 2.00 bits per heavy atom. The van der Waals surface area contributed by atoms with Gasteiger partial charge in [0, 0.05) is 6.07 Å². The fourth-order valence-corrected chi connectivity index (χ4v) is 2.22. The molecule has 0 aliphatic carbocycles. The number of hydrogen-bond acceptors (Lipinski definition) is 6. The van der Waals surface area contributed by atoms with Gasteiger partial charge in [-0.2, -0.15) is 5.10 Å². The van der Waals surface area contributed by atoms with Crippen LogP contribution in [0.3, 0.4) is 0 Å². The molecule has 0 aliphatic heterocycles. The predicted molar refractivity (Wildman–Crippen MR) is 87.2 cm³/mol. The summed E-state index contributed by atoms with van der Waals surface area (Å²) < 4.78 is 5.42. The van der Waals surface area contributed by atoms with E-state index in [0.717, 1.165) is 6.07 Å². The molecule has 7 nitrogen and oxygen atoms in total. The number of methoxy groups -OCH3 is 1. The maximum Gasteiger partial charge on any atom is 0.275 e. The number of hydrazone groups is 1. The van der Waals surface area contributed by atoms with E-state index in [9.17, 15) is 20.1 Å². The highest BCUT2D eigenvalue weighted by Crippen LogP contribution is 2.34. The Kier molecular flexibility index (Phi) is 5.07. The van der Waals surface area contributed by atoms with Crippen LogP contribution in [0.2, 0.25) is 0 Å². The lowest BCUT2D eigenvalue weighted by atomic mass is 10.2. The number of ether oxygens (including phenoxy) is 1.